The zero-order chi connectivity index (χ0) is 11.3. The molecule has 2 nitrogen and oxygen atoms in total. The Balaban J connectivity index is 2.88. The average molecular weight is 206 g/mol. The third-order valence-corrected chi connectivity index (χ3v) is 2.54. The molecular formula is C13H18O2. The van der Waals surface area contributed by atoms with Crippen molar-refractivity contribution in [2.45, 2.75) is 32.6 Å². The van der Waals surface area contributed by atoms with Gasteiger partial charge in [0.2, 0.25) is 0 Å². The molecule has 82 valence electrons. The van der Waals surface area contributed by atoms with Gasteiger partial charge in [-0.25, -0.2) is 0 Å². The van der Waals surface area contributed by atoms with E-state index in [1.54, 1.807) is 0 Å². The topological polar surface area (TPSA) is 26.3 Å². The number of hydrogen-bond acceptors (Lipinski definition) is 2. The maximum absolute atomic E-state index is 11.6. The summed E-state index contributed by atoms with van der Waals surface area (Å²) >= 11 is 0. The maximum atomic E-state index is 11.6. The Morgan fingerprint density at radius 3 is 2.40 bits per heavy atom. The fraction of sp³-hybridized carbons (Fsp3) is 0.462. The molecular weight excluding hydrogens is 188 g/mol. The number of carbonyl (C=O) groups is 1. The third-order valence-electron chi connectivity index (χ3n) is 2.54. The van der Waals surface area contributed by atoms with Crippen LogP contribution in [0.4, 0.5) is 0 Å². The number of hydrogen-bond donors (Lipinski definition) is 0. The van der Waals surface area contributed by atoms with Gasteiger partial charge in [0.05, 0.1) is 13.0 Å². The smallest absolute Gasteiger partial charge is 0.313 e. The molecule has 0 aromatic heterocycles. The number of rotatable bonds is 4. The monoisotopic (exact) mass is 206 g/mol. The van der Waals surface area contributed by atoms with Crippen LogP contribution in [-0.2, 0) is 9.53 Å². The van der Waals surface area contributed by atoms with Crippen LogP contribution in [0.15, 0.2) is 24.3 Å². The molecule has 0 bridgehead atoms. The summed E-state index contributed by atoms with van der Waals surface area (Å²) in [5.41, 5.74) is 2.26. The molecule has 1 atom stereocenters. The highest BCUT2D eigenvalue weighted by atomic mass is 16.5. The second-order valence-electron chi connectivity index (χ2n) is 3.78. The molecule has 0 radical (unpaired) electrons. The molecule has 0 aliphatic rings. The predicted molar refractivity (Wildman–Crippen MR) is 60.8 cm³/mol. The fourth-order valence-electron chi connectivity index (χ4n) is 1.65. The van der Waals surface area contributed by atoms with Gasteiger partial charge in [0.1, 0.15) is 0 Å². The molecule has 1 unspecified atom stereocenters. The van der Waals surface area contributed by atoms with Gasteiger partial charge in [0.15, 0.2) is 0 Å². The molecule has 0 spiro atoms. The molecule has 0 aliphatic carbocycles. The SMILES string of the molecule is CCCC(C(=O)OC)c1ccc(C)cc1. The first-order chi connectivity index (χ1) is 7.19. The molecule has 0 fully saturated rings. The second-order valence-corrected chi connectivity index (χ2v) is 3.78. The Morgan fingerprint density at radius 1 is 1.33 bits per heavy atom. The molecule has 2 heteroatoms. The largest absolute Gasteiger partial charge is 0.469 e. The van der Waals surface area contributed by atoms with E-state index in [1.807, 2.05) is 31.2 Å². The van der Waals surface area contributed by atoms with E-state index in [4.69, 9.17) is 4.74 Å². The minimum atomic E-state index is -0.138. The molecule has 0 amide bonds. The van der Waals surface area contributed by atoms with Gasteiger partial charge in [-0.2, -0.15) is 0 Å². The maximum Gasteiger partial charge on any atom is 0.313 e. The molecule has 0 heterocycles. The van der Waals surface area contributed by atoms with Gasteiger partial charge in [-0.3, -0.25) is 4.79 Å². The highest BCUT2D eigenvalue weighted by Crippen LogP contribution is 2.22. The van der Waals surface area contributed by atoms with E-state index in [9.17, 15) is 4.79 Å². The van der Waals surface area contributed by atoms with Crippen LogP contribution in [0.1, 0.15) is 36.8 Å². The van der Waals surface area contributed by atoms with Crippen LogP contribution in [-0.4, -0.2) is 13.1 Å². The second kappa shape index (κ2) is 5.54. The number of aryl methyl sites for hydroxylation is 1. The Hall–Kier alpha value is -1.31. The molecule has 0 saturated carbocycles. The molecule has 1 aromatic rings. The predicted octanol–water partition coefficient (Wildman–Crippen LogP) is 3.05. The molecule has 1 aromatic carbocycles. The number of ether oxygens (including phenoxy) is 1. The van der Waals surface area contributed by atoms with Gasteiger partial charge >= 0.3 is 5.97 Å². The lowest BCUT2D eigenvalue weighted by Gasteiger charge is -2.14. The number of methoxy groups -OCH3 is 1. The zero-order valence-electron chi connectivity index (χ0n) is 9.62. The summed E-state index contributed by atoms with van der Waals surface area (Å²) in [4.78, 5) is 11.6. The van der Waals surface area contributed by atoms with Crippen LogP contribution in [0, 0.1) is 6.92 Å². The number of benzene rings is 1. The van der Waals surface area contributed by atoms with Gasteiger partial charge in [-0.15, -0.1) is 0 Å². The first kappa shape index (κ1) is 11.8. The van der Waals surface area contributed by atoms with Crippen molar-refractivity contribution in [1.29, 1.82) is 0 Å². The molecule has 0 N–H and O–H groups in total. The van der Waals surface area contributed by atoms with Gasteiger partial charge < -0.3 is 4.74 Å². The average Bonchev–Trinajstić information content (AvgIpc) is 2.26. The van der Waals surface area contributed by atoms with E-state index >= 15 is 0 Å². The highest BCUT2D eigenvalue weighted by Gasteiger charge is 2.19. The summed E-state index contributed by atoms with van der Waals surface area (Å²) in [6.45, 7) is 4.11. The van der Waals surface area contributed by atoms with Crippen molar-refractivity contribution in [1.82, 2.24) is 0 Å². The van der Waals surface area contributed by atoms with Crippen molar-refractivity contribution in [2.24, 2.45) is 0 Å². The van der Waals surface area contributed by atoms with Crippen LogP contribution in [0.25, 0.3) is 0 Å². The molecule has 0 aliphatic heterocycles. The van der Waals surface area contributed by atoms with Gasteiger partial charge in [-0.1, -0.05) is 43.2 Å². The Morgan fingerprint density at radius 2 is 1.93 bits per heavy atom. The Kier molecular flexibility index (Phi) is 4.35. The Labute approximate surface area is 91.3 Å². The van der Waals surface area contributed by atoms with Crippen LogP contribution >= 0.6 is 0 Å². The lowest BCUT2D eigenvalue weighted by molar-refractivity contribution is -0.142. The molecule has 1 rings (SSSR count). The first-order valence-corrected chi connectivity index (χ1v) is 5.33. The summed E-state index contributed by atoms with van der Waals surface area (Å²) in [7, 11) is 1.44. The van der Waals surface area contributed by atoms with Crippen molar-refractivity contribution in [3.05, 3.63) is 35.4 Å². The number of esters is 1. The van der Waals surface area contributed by atoms with E-state index in [0.717, 1.165) is 18.4 Å². The van der Waals surface area contributed by atoms with Gasteiger partial charge in [-0.05, 0) is 18.9 Å². The van der Waals surface area contributed by atoms with Crippen molar-refractivity contribution < 1.29 is 9.53 Å². The lowest BCUT2D eigenvalue weighted by Crippen LogP contribution is -2.14. The van der Waals surface area contributed by atoms with Crippen molar-refractivity contribution >= 4 is 5.97 Å². The fourth-order valence-corrected chi connectivity index (χ4v) is 1.65. The number of carbonyl (C=O) groups excluding carboxylic acids is 1. The summed E-state index contributed by atoms with van der Waals surface area (Å²) in [5.74, 6) is -0.249. The van der Waals surface area contributed by atoms with Crippen LogP contribution in [0.5, 0.6) is 0 Å². The normalized spacial score (nSPS) is 12.2. The van der Waals surface area contributed by atoms with E-state index in [-0.39, 0.29) is 11.9 Å². The minimum Gasteiger partial charge on any atom is -0.469 e. The van der Waals surface area contributed by atoms with E-state index in [1.165, 1.54) is 12.7 Å². The quantitative estimate of drug-likeness (QED) is 0.708. The summed E-state index contributed by atoms with van der Waals surface area (Å²) in [6.07, 6.45) is 1.82. The van der Waals surface area contributed by atoms with Crippen molar-refractivity contribution in [2.75, 3.05) is 7.11 Å². The summed E-state index contributed by atoms with van der Waals surface area (Å²) in [6, 6.07) is 8.07. The third kappa shape index (κ3) is 3.08. The van der Waals surface area contributed by atoms with E-state index in [2.05, 4.69) is 6.92 Å². The van der Waals surface area contributed by atoms with Gasteiger partial charge in [0, 0.05) is 0 Å². The van der Waals surface area contributed by atoms with Crippen LogP contribution < -0.4 is 0 Å². The van der Waals surface area contributed by atoms with Crippen molar-refractivity contribution in [3.8, 4) is 0 Å². The zero-order valence-corrected chi connectivity index (χ0v) is 9.62. The molecule has 0 saturated heterocycles. The summed E-state index contributed by atoms with van der Waals surface area (Å²) < 4.78 is 4.81. The molecule has 15 heavy (non-hydrogen) atoms. The minimum absolute atomic E-state index is 0.111. The van der Waals surface area contributed by atoms with E-state index in [0.29, 0.717) is 0 Å². The lowest BCUT2D eigenvalue weighted by atomic mass is 9.94. The first-order valence-electron chi connectivity index (χ1n) is 5.33. The standard InChI is InChI=1S/C13H18O2/c1-4-5-12(13(14)15-3)11-8-6-10(2)7-9-11/h6-9,12H,4-5H2,1-3H3. The van der Waals surface area contributed by atoms with Gasteiger partial charge in [0.25, 0.3) is 0 Å². The van der Waals surface area contributed by atoms with Crippen molar-refractivity contribution in [3.63, 3.8) is 0 Å². The van der Waals surface area contributed by atoms with Crippen LogP contribution in [0.3, 0.4) is 0 Å². The van der Waals surface area contributed by atoms with Crippen LogP contribution in [0.2, 0.25) is 0 Å². The van der Waals surface area contributed by atoms with E-state index < -0.39 is 0 Å². The Bertz CT molecular complexity index is 314. The highest BCUT2D eigenvalue weighted by molar-refractivity contribution is 5.77. The summed E-state index contributed by atoms with van der Waals surface area (Å²) in [5, 5.41) is 0.